The fourth-order valence-corrected chi connectivity index (χ4v) is 4.55. The quantitative estimate of drug-likeness (QED) is 0.511. The van der Waals surface area contributed by atoms with Crippen LogP contribution in [-0.2, 0) is 10.2 Å². The maximum Gasteiger partial charge on any atom is 0.417 e. The van der Waals surface area contributed by atoms with Crippen LogP contribution >= 0.6 is 13.5 Å². The van der Waals surface area contributed by atoms with E-state index in [1.165, 1.54) is 12.8 Å². The number of hydrogen-bond acceptors (Lipinski definition) is 5. The largest absolute Gasteiger partial charge is 0.417 e. The number of nitrogens with two attached hydrogens (primary N) is 1. The van der Waals surface area contributed by atoms with Crippen molar-refractivity contribution in [2.45, 2.75) is 37.1 Å². The highest BCUT2D eigenvalue weighted by Crippen LogP contribution is 2.49. The number of nitrogens with one attached hydrogen (secondary N) is 2. The molecule has 2 aliphatic rings. The minimum atomic E-state index is -0.550. The zero-order chi connectivity index (χ0) is 20.7. The number of aromatic amines is 1. The van der Waals surface area contributed by atoms with Crippen LogP contribution in [0.5, 0.6) is 0 Å². The molecule has 0 bridgehead atoms. The molecule has 8 heteroatoms. The van der Waals surface area contributed by atoms with E-state index in [9.17, 15) is 9.59 Å². The van der Waals surface area contributed by atoms with Crippen molar-refractivity contribution < 1.29 is 9.21 Å². The highest BCUT2D eigenvalue weighted by molar-refractivity contribution is 7.59. The zero-order valence-corrected chi connectivity index (χ0v) is 18.3. The molecule has 1 saturated heterocycles. The van der Waals surface area contributed by atoms with Gasteiger partial charge in [0.2, 0.25) is 5.91 Å². The second kappa shape index (κ2) is 8.43. The molecule has 1 saturated carbocycles. The summed E-state index contributed by atoms with van der Waals surface area (Å²) >= 11 is 0. The van der Waals surface area contributed by atoms with Gasteiger partial charge in [-0.15, -0.1) is 0 Å². The Morgan fingerprint density at radius 1 is 1.19 bits per heavy atom. The molecular formula is C23H28N4O3S. The first-order chi connectivity index (χ1) is 14.5. The number of aromatic nitrogens is 1. The van der Waals surface area contributed by atoms with E-state index in [-0.39, 0.29) is 25.4 Å². The number of rotatable bonds is 6. The maximum atomic E-state index is 13.5. The highest BCUT2D eigenvalue weighted by atomic mass is 32.1. The molecule has 4 N–H and O–H groups in total. The number of hydrogen-bond donors (Lipinski definition) is 3. The lowest BCUT2D eigenvalue weighted by Gasteiger charge is -2.27. The Kier molecular flexibility index (Phi) is 5.85. The van der Waals surface area contributed by atoms with E-state index in [2.05, 4.69) is 15.2 Å². The molecule has 0 radical (unpaired) electrons. The summed E-state index contributed by atoms with van der Waals surface area (Å²) in [5, 5.41) is 3.31. The number of benzene rings is 2. The third-order valence-corrected chi connectivity index (χ3v) is 6.41. The van der Waals surface area contributed by atoms with Crippen LogP contribution in [0.15, 0.2) is 51.7 Å². The van der Waals surface area contributed by atoms with Crippen molar-refractivity contribution in [1.29, 1.82) is 0 Å². The van der Waals surface area contributed by atoms with Crippen LogP contribution in [-0.4, -0.2) is 35.4 Å². The molecule has 1 amide bonds. The van der Waals surface area contributed by atoms with Crippen molar-refractivity contribution >= 4 is 36.2 Å². The molecule has 0 spiro atoms. The number of H-pyrrole nitrogens is 1. The number of anilines is 1. The molecule has 5 rings (SSSR count). The molecule has 3 aromatic rings. The first-order valence-electron chi connectivity index (χ1n) is 10.6. The Bertz CT molecular complexity index is 1140. The van der Waals surface area contributed by atoms with E-state index in [0.29, 0.717) is 16.8 Å². The number of fused-ring (bicyclic) bond motifs is 1. The predicted octanol–water partition coefficient (Wildman–Crippen LogP) is 2.80. The summed E-state index contributed by atoms with van der Waals surface area (Å²) < 4.78 is 5.10. The minimum absolute atomic E-state index is 0. The lowest BCUT2D eigenvalue weighted by molar-refractivity contribution is -0.124. The fourth-order valence-electron chi connectivity index (χ4n) is 4.55. The molecule has 164 valence electrons. The van der Waals surface area contributed by atoms with E-state index in [1.807, 2.05) is 36.4 Å². The molecule has 1 aromatic heterocycles. The number of nitrogen functional groups attached to an aromatic ring is 1. The number of likely N-dealkylation sites (tertiary alicyclic amines) is 1. The standard InChI is InChI=1S/C23H26N4O3.H2S/c24-17-5-3-4-15(12-17)19(14-27-10-1-2-11-27)25-21(28)23(8-9-23)16-6-7-20-18(13-16)26-22(29)30-20;/h3-7,12-13,19H,1-2,8-11,14,24H2,(H,25,28)(H,26,29);1H2/t19-;/m1./s1. The van der Waals surface area contributed by atoms with Gasteiger partial charge < -0.3 is 20.4 Å². The molecule has 7 nitrogen and oxygen atoms in total. The third kappa shape index (κ3) is 4.22. The van der Waals surface area contributed by atoms with Gasteiger partial charge in [-0.05, 0) is 74.2 Å². The number of carbonyl (C=O) groups excluding carboxylic acids is 1. The van der Waals surface area contributed by atoms with Crippen LogP contribution in [0.25, 0.3) is 11.1 Å². The lowest BCUT2D eigenvalue weighted by atomic mass is 9.93. The maximum absolute atomic E-state index is 13.5. The van der Waals surface area contributed by atoms with Gasteiger partial charge in [0.1, 0.15) is 0 Å². The normalized spacial score (nSPS) is 18.5. The number of oxazole rings is 1. The molecule has 2 fully saturated rings. The van der Waals surface area contributed by atoms with E-state index < -0.39 is 11.2 Å². The van der Waals surface area contributed by atoms with Gasteiger partial charge in [-0.2, -0.15) is 13.5 Å². The Morgan fingerprint density at radius 3 is 2.68 bits per heavy atom. The average molecular weight is 441 g/mol. The Morgan fingerprint density at radius 2 is 1.97 bits per heavy atom. The van der Waals surface area contributed by atoms with Crippen molar-refractivity contribution in [1.82, 2.24) is 15.2 Å². The van der Waals surface area contributed by atoms with Crippen LogP contribution in [0, 0.1) is 0 Å². The summed E-state index contributed by atoms with van der Waals surface area (Å²) in [6, 6.07) is 13.2. The summed E-state index contributed by atoms with van der Waals surface area (Å²) in [4.78, 5) is 30.0. The summed E-state index contributed by atoms with van der Waals surface area (Å²) in [6.45, 7) is 2.90. The molecule has 1 atom stereocenters. The first kappa shape index (κ1) is 21.5. The van der Waals surface area contributed by atoms with Gasteiger partial charge in [0.15, 0.2) is 5.58 Å². The second-order valence-electron chi connectivity index (χ2n) is 8.51. The molecule has 1 aliphatic heterocycles. The van der Waals surface area contributed by atoms with E-state index in [4.69, 9.17) is 10.2 Å². The summed E-state index contributed by atoms with van der Waals surface area (Å²) in [5.74, 6) is -0.455. The van der Waals surface area contributed by atoms with E-state index in [1.54, 1.807) is 6.07 Å². The molecule has 31 heavy (non-hydrogen) atoms. The van der Waals surface area contributed by atoms with Gasteiger partial charge >= 0.3 is 5.76 Å². The summed E-state index contributed by atoms with van der Waals surface area (Å²) in [6.07, 6.45) is 3.98. The smallest absolute Gasteiger partial charge is 0.408 e. The molecule has 2 heterocycles. The zero-order valence-electron chi connectivity index (χ0n) is 17.3. The van der Waals surface area contributed by atoms with Gasteiger partial charge in [-0.25, -0.2) is 4.79 Å². The highest BCUT2D eigenvalue weighted by Gasteiger charge is 2.51. The van der Waals surface area contributed by atoms with Crippen molar-refractivity contribution in [3.8, 4) is 0 Å². The average Bonchev–Trinajstić information content (AvgIpc) is 3.21. The monoisotopic (exact) mass is 440 g/mol. The number of carbonyl (C=O) groups is 1. The van der Waals surface area contributed by atoms with Gasteiger partial charge in [-0.1, -0.05) is 18.2 Å². The summed E-state index contributed by atoms with van der Waals surface area (Å²) in [5.41, 5.74) is 9.24. The number of nitrogens with zero attached hydrogens (tertiary/aromatic N) is 1. The number of amides is 1. The first-order valence-corrected chi connectivity index (χ1v) is 10.6. The van der Waals surface area contributed by atoms with Crippen LogP contribution in [0.3, 0.4) is 0 Å². The lowest BCUT2D eigenvalue weighted by Crippen LogP contribution is -2.41. The summed E-state index contributed by atoms with van der Waals surface area (Å²) in [7, 11) is 0. The molecule has 1 aliphatic carbocycles. The SMILES string of the molecule is Nc1cccc([C@@H](CN2CCCC2)NC(=O)C2(c3ccc4oc(=O)[nH]c4c3)CC2)c1.S. The molecular weight excluding hydrogens is 412 g/mol. The van der Waals surface area contributed by atoms with E-state index in [0.717, 1.165) is 43.6 Å². The third-order valence-electron chi connectivity index (χ3n) is 6.41. The Hall–Kier alpha value is -2.71. The van der Waals surface area contributed by atoms with Crippen LogP contribution in [0.4, 0.5) is 5.69 Å². The predicted molar refractivity (Wildman–Crippen MR) is 126 cm³/mol. The topological polar surface area (TPSA) is 104 Å². The second-order valence-corrected chi connectivity index (χ2v) is 8.51. The van der Waals surface area contributed by atoms with Gasteiger partial charge in [0.05, 0.1) is 17.0 Å². The van der Waals surface area contributed by atoms with Crippen LogP contribution < -0.4 is 16.8 Å². The van der Waals surface area contributed by atoms with Gasteiger partial charge in [0, 0.05) is 12.2 Å². The Labute approximate surface area is 187 Å². The van der Waals surface area contributed by atoms with Crippen molar-refractivity contribution in [2.75, 3.05) is 25.4 Å². The van der Waals surface area contributed by atoms with Crippen molar-refractivity contribution in [3.63, 3.8) is 0 Å². The fraction of sp³-hybridized carbons (Fsp3) is 0.391. The Balaban J connectivity index is 0.00000231. The minimum Gasteiger partial charge on any atom is -0.408 e. The van der Waals surface area contributed by atoms with Crippen molar-refractivity contribution in [2.24, 2.45) is 0 Å². The molecule has 0 unspecified atom stereocenters. The van der Waals surface area contributed by atoms with Gasteiger partial charge in [0.25, 0.3) is 0 Å². The van der Waals surface area contributed by atoms with Gasteiger partial charge in [-0.3, -0.25) is 9.78 Å². The van der Waals surface area contributed by atoms with Crippen LogP contribution in [0.1, 0.15) is 42.9 Å². The van der Waals surface area contributed by atoms with Crippen LogP contribution in [0.2, 0.25) is 0 Å². The van der Waals surface area contributed by atoms with E-state index >= 15 is 0 Å². The molecule has 2 aromatic carbocycles. The van der Waals surface area contributed by atoms with Crippen molar-refractivity contribution in [3.05, 3.63) is 64.1 Å².